The van der Waals surface area contributed by atoms with E-state index < -0.39 is 0 Å². The highest BCUT2D eigenvalue weighted by Crippen LogP contribution is 1.97. The summed E-state index contributed by atoms with van der Waals surface area (Å²) in [5.74, 6) is 1.25. The number of nitrogens with one attached hydrogen (secondary N) is 1. The van der Waals surface area contributed by atoms with Crippen LogP contribution in [0.25, 0.3) is 0 Å². The standard InChI is InChI=1S/C12H28N4.HI/c1-10(2)6-7-14-12(13)15-8-9-16(5)11(3)4;/h10-11H,6-9H2,1-5H3,(H3,13,14,15);1H. The lowest BCUT2D eigenvalue weighted by atomic mass is 10.1. The average molecular weight is 356 g/mol. The number of guanidine groups is 1. The van der Waals surface area contributed by atoms with Crippen molar-refractivity contribution in [2.75, 3.05) is 26.7 Å². The fraction of sp³-hybridized carbons (Fsp3) is 0.917. The van der Waals surface area contributed by atoms with Crippen LogP contribution in [-0.4, -0.2) is 43.6 Å². The molecule has 0 fully saturated rings. The second-order valence-electron chi connectivity index (χ2n) is 4.95. The zero-order chi connectivity index (χ0) is 12.6. The molecule has 0 radical (unpaired) electrons. The van der Waals surface area contributed by atoms with E-state index in [1.807, 2.05) is 0 Å². The van der Waals surface area contributed by atoms with Gasteiger partial charge in [-0.05, 0) is 33.2 Å². The van der Waals surface area contributed by atoms with Crippen LogP contribution in [0.4, 0.5) is 0 Å². The summed E-state index contributed by atoms with van der Waals surface area (Å²) in [6.45, 7) is 11.4. The van der Waals surface area contributed by atoms with Crippen LogP contribution in [0.3, 0.4) is 0 Å². The van der Waals surface area contributed by atoms with E-state index in [0.717, 1.165) is 26.1 Å². The molecular weight excluding hydrogens is 327 g/mol. The first-order valence-corrected chi connectivity index (χ1v) is 6.17. The van der Waals surface area contributed by atoms with Gasteiger partial charge in [-0.3, -0.25) is 4.99 Å². The lowest BCUT2D eigenvalue weighted by molar-refractivity contribution is 0.278. The summed E-state index contributed by atoms with van der Waals surface area (Å²) in [4.78, 5) is 6.54. The van der Waals surface area contributed by atoms with Crippen molar-refractivity contribution in [1.82, 2.24) is 10.2 Å². The Morgan fingerprint density at radius 2 is 1.88 bits per heavy atom. The van der Waals surface area contributed by atoms with Gasteiger partial charge >= 0.3 is 0 Å². The molecule has 0 aromatic rings. The molecule has 4 nitrogen and oxygen atoms in total. The molecule has 3 N–H and O–H groups in total. The Hall–Kier alpha value is -0.0400. The van der Waals surface area contributed by atoms with E-state index >= 15 is 0 Å². The van der Waals surface area contributed by atoms with Crippen molar-refractivity contribution in [2.24, 2.45) is 16.6 Å². The minimum absolute atomic E-state index is 0. The fourth-order valence-corrected chi connectivity index (χ4v) is 1.12. The third-order valence-corrected chi connectivity index (χ3v) is 2.64. The number of halogens is 1. The first kappa shape index (κ1) is 19.3. The number of likely N-dealkylation sites (N-methyl/N-ethyl adjacent to an activating group) is 1. The van der Waals surface area contributed by atoms with Gasteiger partial charge in [0.25, 0.3) is 0 Å². The maximum absolute atomic E-state index is 5.74. The van der Waals surface area contributed by atoms with Crippen LogP contribution < -0.4 is 11.1 Å². The third kappa shape index (κ3) is 12.2. The molecule has 0 saturated heterocycles. The van der Waals surface area contributed by atoms with Crippen LogP contribution in [0, 0.1) is 5.92 Å². The Morgan fingerprint density at radius 1 is 1.29 bits per heavy atom. The lowest BCUT2D eigenvalue weighted by Crippen LogP contribution is -2.39. The van der Waals surface area contributed by atoms with Crippen molar-refractivity contribution in [3.8, 4) is 0 Å². The highest BCUT2D eigenvalue weighted by molar-refractivity contribution is 14.0. The van der Waals surface area contributed by atoms with Gasteiger partial charge in [0.1, 0.15) is 0 Å². The molecule has 0 aromatic heterocycles. The molecule has 104 valence electrons. The maximum Gasteiger partial charge on any atom is 0.188 e. The monoisotopic (exact) mass is 356 g/mol. The van der Waals surface area contributed by atoms with Crippen molar-refractivity contribution < 1.29 is 0 Å². The largest absolute Gasteiger partial charge is 0.370 e. The molecule has 5 heteroatoms. The van der Waals surface area contributed by atoms with Crippen LogP contribution in [-0.2, 0) is 0 Å². The Kier molecular flexibility index (Phi) is 12.6. The first-order chi connectivity index (χ1) is 7.43. The van der Waals surface area contributed by atoms with Crippen LogP contribution in [0.1, 0.15) is 34.1 Å². The molecule has 0 atom stereocenters. The van der Waals surface area contributed by atoms with Gasteiger partial charge in [-0.1, -0.05) is 13.8 Å². The van der Waals surface area contributed by atoms with Gasteiger partial charge in [-0.2, -0.15) is 0 Å². The molecule has 0 rings (SSSR count). The molecule has 0 spiro atoms. The van der Waals surface area contributed by atoms with Crippen molar-refractivity contribution in [3.05, 3.63) is 0 Å². The van der Waals surface area contributed by atoms with Gasteiger partial charge < -0.3 is 16.0 Å². The average Bonchev–Trinajstić information content (AvgIpc) is 2.16. The van der Waals surface area contributed by atoms with E-state index in [1.165, 1.54) is 0 Å². The van der Waals surface area contributed by atoms with E-state index in [9.17, 15) is 0 Å². The van der Waals surface area contributed by atoms with Crippen LogP contribution in [0.5, 0.6) is 0 Å². The highest BCUT2D eigenvalue weighted by Gasteiger charge is 2.01. The second-order valence-corrected chi connectivity index (χ2v) is 4.95. The molecule has 0 aliphatic carbocycles. The first-order valence-electron chi connectivity index (χ1n) is 6.17. The predicted molar refractivity (Wildman–Crippen MR) is 87.1 cm³/mol. The summed E-state index contributed by atoms with van der Waals surface area (Å²) < 4.78 is 0. The van der Waals surface area contributed by atoms with Crippen molar-refractivity contribution in [3.63, 3.8) is 0 Å². The van der Waals surface area contributed by atoms with E-state index in [1.54, 1.807) is 0 Å². The molecule has 0 unspecified atom stereocenters. The number of rotatable bonds is 7. The topological polar surface area (TPSA) is 53.6 Å². The fourth-order valence-electron chi connectivity index (χ4n) is 1.12. The van der Waals surface area contributed by atoms with Crippen LogP contribution in [0.2, 0.25) is 0 Å². The number of aliphatic imine (C=N–C) groups is 1. The molecule has 0 aliphatic rings. The molecule has 0 saturated carbocycles. The molecule has 17 heavy (non-hydrogen) atoms. The number of nitrogens with two attached hydrogens (primary N) is 1. The van der Waals surface area contributed by atoms with Gasteiger partial charge in [-0.15, -0.1) is 24.0 Å². The summed E-state index contributed by atoms with van der Waals surface area (Å²) in [6, 6.07) is 0.570. The lowest BCUT2D eigenvalue weighted by Gasteiger charge is -2.21. The third-order valence-electron chi connectivity index (χ3n) is 2.64. The van der Waals surface area contributed by atoms with Crippen molar-refractivity contribution >= 4 is 29.9 Å². The summed E-state index contributed by atoms with van der Waals surface area (Å²) in [7, 11) is 2.11. The Bertz CT molecular complexity index is 205. The smallest absolute Gasteiger partial charge is 0.188 e. The summed E-state index contributed by atoms with van der Waals surface area (Å²) in [5.41, 5.74) is 5.74. The van der Waals surface area contributed by atoms with Gasteiger partial charge in [-0.25, -0.2) is 0 Å². The van der Waals surface area contributed by atoms with Gasteiger partial charge in [0.2, 0.25) is 0 Å². The number of hydrogen-bond donors (Lipinski definition) is 2. The molecule has 0 bridgehead atoms. The quantitative estimate of drug-likeness (QED) is 0.416. The van der Waals surface area contributed by atoms with Crippen LogP contribution >= 0.6 is 24.0 Å². The highest BCUT2D eigenvalue weighted by atomic mass is 127. The summed E-state index contributed by atoms with van der Waals surface area (Å²) in [6.07, 6.45) is 1.09. The van der Waals surface area contributed by atoms with Crippen molar-refractivity contribution in [2.45, 2.75) is 40.2 Å². The Labute approximate surface area is 123 Å². The second kappa shape index (κ2) is 11.1. The molecule has 0 amide bonds. The van der Waals surface area contributed by atoms with Gasteiger partial charge in [0, 0.05) is 25.7 Å². The summed E-state index contributed by atoms with van der Waals surface area (Å²) in [5, 5.41) is 3.13. The van der Waals surface area contributed by atoms with Gasteiger partial charge in [0.15, 0.2) is 5.96 Å². The maximum atomic E-state index is 5.74. The zero-order valence-electron chi connectivity index (χ0n) is 11.9. The zero-order valence-corrected chi connectivity index (χ0v) is 14.2. The normalized spacial score (nSPS) is 12.1. The Balaban J connectivity index is 0. The minimum atomic E-state index is 0. The molecule has 0 aromatic carbocycles. The van der Waals surface area contributed by atoms with E-state index in [-0.39, 0.29) is 24.0 Å². The molecular formula is C12H29IN4. The SMILES string of the molecule is CC(C)CCN=C(N)NCCN(C)C(C)C.I. The molecule has 0 aliphatic heterocycles. The van der Waals surface area contributed by atoms with Crippen molar-refractivity contribution in [1.29, 1.82) is 0 Å². The molecule has 0 heterocycles. The van der Waals surface area contributed by atoms with E-state index in [4.69, 9.17) is 5.73 Å². The van der Waals surface area contributed by atoms with E-state index in [2.05, 4.69) is 50.0 Å². The van der Waals surface area contributed by atoms with Crippen LogP contribution in [0.15, 0.2) is 4.99 Å². The Morgan fingerprint density at radius 3 is 2.35 bits per heavy atom. The predicted octanol–water partition coefficient (Wildman–Crippen LogP) is 1.90. The number of hydrogen-bond acceptors (Lipinski definition) is 2. The summed E-state index contributed by atoms with van der Waals surface area (Å²) >= 11 is 0. The number of nitrogens with zero attached hydrogens (tertiary/aromatic N) is 2. The minimum Gasteiger partial charge on any atom is -0.370 e. The van der Waals surface area contributed by atoms with E-state index in [0.29, 0.717) is 17.9 Å². The van der Waals surface area contributed by atoms with Gasteiger partial charge in [0.05, 0.1) is 0 Å².